The zero-order valence-corrected chi connectivity index (χ0v) is 8.63. The van der Waals surface area contributed by atoms with Crippen molar-refractivity contribution >= 4 is 16.5 Å². The van der Waals surface area contributed by atoms with Gasteiger partial charge in [0.25, 0.3) is 0 Å². The van der Waals surface area contributed by atoms with Crippen LogP contribution >= 0.6 is 0 Å². The second-order valence-corrected chi connectivity index (χ2v) is 6.04. The van der Waals surface area contributed by atoms with Crippen LogP contribution in [-0.2, 0) is 0 Å². The fourth-order valence-corrected chi connectivity index (χ4v) is 0.800. The van der Waals surface area contributed by atoms with Crippen LogP contribution in [0.5, 0.6) is 0 Å². The molecule has 38 valence electrons. The Balaban J connectivity index is 2.63. The predicted octanol–water partition coefficient (Wildman–Crippen LogP) is -0.457. The van der Waals surface area contributed by atoms with Crippen molar-refractivity contribution in [3.63, 3.8) is 0 Å². The number of hydrogen-bond donors (Lipinski definition) is 1. The molecular weight excluding hydrogens is 137 g/mol. The van der Waals surface area contributed by atoms with Crippen molar-refractivity contribution in [3.05, 3.63) is 0 Å². The molecule has 0 heterocycles. The Morgan fingerprint density at radius 1 is 1.83 bits per heavy atom. The molecule has 0 fully saturated rings. The minimum atomic E-state index is 0.378. The Bertz CT molecular complexity index is 28.7. The van der Waals surface area contributed by atoms with E-state index in [2.05, 4.69) is 6.92 Å². The molecule has 0 aromatic heterocycles. The van der Waals surface area contributed by atoms with E-state index in [0.29, 0.717) is 6.61 Å². The van der Waals surface area contributed by atoms with Gasteiger partial charge >= 0.3 is 46.3 Å². The SMILES string of the molecule is C[CH]([GeH3])CCO. The Morgan fingerprint density at radius 2 is 2.33 bits per heavy atom. The van der Waals surface area contributed by atoms with Crippen LogP contribution in [0.2, 0.25) is 4.75 Å². The maximum atomic E-state index is 8.27. The first kappa shape index (κ1) is 6.50. The summed E-state index contributed by atoms with van der Waals surface area (Å²) in [6.07, 6.45) is 1.01. The normalized spacial score (nSPS) is 15.0. The van der Waals surface area contributed by atoms with E-state index < -0.39 is 0 Å². The molecule has 1 unspecified atom stereocenters. The van der Waals surface area contributed by atoms with Gasteiger partial charge < -0.3 is 0 Å². The second-order valence-electron chi connectivity index (χ2n) is 1.91. The van der Waals surface area contributed by atoms with Gasteiger partial charge in [0.2, 0.25) is 0 Å². The summed E-state index contributed by atoms with van der Waals surface area (Å²) in [5.74, 6) is 0. The quantitative estimate of drug-likeness (QED) is 0.526. The van der Waals surface area contributed by atoms with Crippen molar-refractivity contribution in [3.8, 4) is 0 Å². The van der Waals surface area contributed by atoms with Crippen LogP contribution in [0.1, 0.15) is 13.3 Å². The van der Waals surface area contributed by atoms with Gasteiger partial charge in [0.1, 0.15) is 0 Å². The first-order valence-electron chi connectivity index (χ1n) is 2.38. The Labute approximate surface area is 47.0 Å². The molecule has 0 aliphatic rings. The van der Waals surface area contributed by atoms with Crippen molar-refractivity contribution in [1.29, 1.82) is 0 Å². The first-order chi connectivity index (χ1) is 2.77. The third-order valence-corrected chi connectivity index (χ3v) is 1.92. The van der Waals surface area contributed by atoms with Gasteiger partial charge in [-0.3, -0.25) is 0 Å². The van der Waals surface area contributed by atoms with Crippen LogP contribution in [0.25, 0.3) is 0 Å². The molecule has 2 heteroatoms. The molecule has 0 spiro atoms. The molecule has 1 nitrogen and oxygen atoms in total. The Kier molecular flexibility index (Phi) is 3.99. The van der Waals surface area contributed by atoms with Gasteiger partial charge in [0.15, 0.2) is 0 Å². The van der Waals surface area contributed by atoms with E-state index in [1.807, 2.05) is 0 Å². The van der Waals surface area contributed by atoms with E-state index in [0.717, 1.165) is 27.7 Å². The molecule has 0 bridgehead atoms. The molecule has 0 amide bonds. The third-order valence-electron chi connectivity index (χ3n) is 0.706. The zero-order valence-electron chi connectivity index (χ0n) is 4.44. The molecule has 0 saturated carbocycles. The van der Waals surface area contributed by atoms with Crippen LogP contribution in [0.15, 0.2) is 0 Å². The van der Waals surface area contributed by atoms with E-state index in [-0.39, 0.29) is 0 Å². The van der Waals surface area contributed by atoms with Crippen molar-refractivity contribution in [1.82, 2.24) is 0 Å². The van der Waals surface area contributed by atoms with Gasteiger partial charge in [-0.05, 0) is 0 Å². The monoisotopic (exact) mass is 150 g/mol. The van der Waals surface area contributed by atoms with Crippen molar-refractivity contribution < 1.29 is 5.11 Å². The van der Waals surface area contributed by atoms with E-state index >= 15 is 0 Å². The van der Waals surface area contributed by atoms with Gasteiger partial charge in [0.05, 0.1) is 0 Å². The maximum absolute atomic E-state index is 8.27. The Hall–Kier alpha value is 0.503. The van der Waals surface area contributed by atoms with Crippen LogP contribution in [0.3, 0.4) is 0 Å². The summed E-state index contributed by atoms with van der Waals surface area (Å²) in [5.41, 5.74) is 0. The fourth-order valence-electron chi connectivity index (χ4n) is 0.258. The van der Waals surface area contributed by atoms with Crippen molar-refractivity contribution in [2.24, 2.45) is 0 Å². The minimum absolute atomic E-state index is 0.378. The van der Waals surface area contributed by atoms with Crippen LogP contribution in [0.4, 0.5) is 0 Å². The number of aliphatic hydroxyl groups is 1. The summed E-state index contributed by atoms with van der Waals surface area (Å²) in [6.45, 7) is 2.55. The molecule has 1 atom stereocenters. The summed E-state index contributed by atoms with van der Waals surface area (Å²) in [5, 5.41) is 8.27. The van der Waals surface area contributed by atoms with E-state index in [9.17, 15) is 0 Å². The summed E-state index contributed by atoms with van der Waals surface area (Å²) >= 11 is 0.912. The second kappa shape index (κ2) is 3.68. The number of hydrogen-bond acceptors (Lipinski definition) is 1. The van der Waals surface area contributed by atoms with Gasteiger partial charge in [-0.2, -0.15) is 0 Å². The molecule has 0 aromatic rings. The van der Waals surface area contributed by atoms with Crippen LogP contribution in [0, 0.1) is 0 Å². The molecule has 0 aromatic carbocycles. The third kappa shape index (κ3) is 4.50. The standard InChI is InChI=1S/C4H12GeO/c1-4(5)2-3-6/h4,6H,2-3H2,1,5H3. The summed E-state index contributed by atoms with van der Waals surface area (Å²) in [6, 6.07) is 0. The predicted molar refractivity (Wildman–Crippen MR) is 31.1 cm³/mol. The molecule has 1 N–H and O–H groups in total. The number of aliphatic hydroxyl groups excluding tert-OH is 1. The molecular formula is C4H12GeO. The van der Waals surface area contributed by atoms with E-state index in [1.165, 1.54) is 0 Å². The average Bonchev–Trinajstić information content (AvgIpc) is 1.35. The van der Waals surface area contributed by atoms with E-state index in [1.54, 1.807) is 0 Å². The van der Waals surface area contributed by atoms with Gasteiger partial charge in [-0.25, -0.2) is 0 Å². The molecule has 0 saturated heterocycles. The Morgan fingerprint density at radius 3 is 2.33 bits per heavy atom. The van der Waals surface area contributed by atoms with Gasteiger partial charge in [0, 0.05) is 0 Å². The summed E-state index contributed by atoms with van der Waals surface area (Å²) in [7, 11) is 0. The molecule has 0 aliphatic carbocycles. The van der Waals surface area contributed by atoms with Crippen LogP contribution in [-0.4, -0.2) is 28.2 Å². The molecule has 0 aliphatic heterocycles. The fraction of sp³-hybridized carbons (Fsp3) is 1.00. The average molecular weight is 149 g/mol. The summed E-state index contributed by atoms with van der Waals surface area (Å²) < 4.78 is 0.836. The number of rotatable bonds is 2. The molecule has 0 radical (unpaired) electrons. The van der Waals surface area contributed by atoms with E-state index in [4.69, 9.17) is 5.11 Å². The van der Waals surface area contributed by atoms with Crippen molar-refractivity contribution in [2.75, 3.05) is 6.61 Å². The van der Waals surface area contributed by atoms with Crippen molar-refractivity contribution in [2.45, 2.75) is 18.1 Å². The van der Waals surface area contributed by atoms with Gasteiger partial charge in [-0.1, -0.05) is 0 Å². The van der Waals surface area contributed by atoms with Gasteiger partial charge in [-0.15, -0.1) is 0 Å². The zero-order chi connectivity index (χ0) is 4.99. The molecule has 0 rings (SSSR count). The topological polar surface area (TPSA) is 20.2 Å². The first-order valence-corrected chi connectivity index (χ1v) is 4.80. The molecule has 6 heavy (non-hydrogen) atoms. The summed E-state index contributed by atoms with van der Waals surface area (Å²) in [4.78, 5) is 0. The van der Waals surface area contributed by atoms with Crippen LogP contribution < -0.4 is 0 Å².